The van der Waals surface area contributed by atoms with Crippen LogP contribution in [0.25, 0.3) is 0 Å². The average molecular weight is 249 g/mol. The first-order valence-electron chi connectivity index (χ1n) is 5.58. The molecule has 2 aliphatic rings. The maximum Gasteiger partial charge on any atom is 0.302 e. The first-order chi connectivity index (χ1) is 7.37. The van der Waals surface area contributed by atoms with Crippen LogP contribution in [-0.2, 0) is 15.0 Å². The number of rotatable bonds is 3. The monoisotopic (exact) mass is 249 g/mol. The predicted octanol–water partition coefficient (Wildman–Crippen LogP) is 0.790. The maximum absolute atomic E-state index is 12.5. The van der Waals surface area contributed by atoms with Crippen molar-refractivity contribution in [1.82, 2.24) is 4.90 Å². The maximum atomic E-state index is 12.5. The molecule has 3 unspecified atom stereocenters. The average Bonchev–Trinajstić information content (AvgIpc) is 2.69. The molecule has 4 nitrogen and oxygen atoms in total. The van der Waals surface area contributed by atoms with Crippen LogP contribution in [-0.4, -0.2) is 38.1 Å². The van der Waals surface area contributed by atoms with Gasteiger partial charge in [0.15, 0.2) is 0 Å². The fraction of sp³-hybridized carbons (Fsp3) is 0.900. The lowest BCUT2D eigenvalue weighted by molar-refractivity contribution is -0.131. The number of amides is 1. The molecule has 0 aromatic carbocycles. The van der Waals surface area contributed by atoms with Crippen LogP contribution in [0.4, 0.5) is 3.89 Å². The highest BCUT2D eigenvalue weighted by molar-refractivity contribution is 7.86. The Morgan fingerprint density at radius 3 is 2.62 bits per heavy atom. The number of carbonyl (C=O) groups excluding carboxylic acids is 1. The lowest BCUT2D eigenvalue weighted by Gasteiger charge is -2.15. The lowest BCUT2D eigenvalue weighted by atomic mass is 10.2. The molecule has 0 spiro atoms. The molecule has 1 heterocycles. The Balaban J connectivity index is 1.86. The van der Waals surface area contributed by atoms with E-state index < -0.39 is 16.0 Å². The highest BCUT2D eigenvalue weighted by atomic mass is 32.3. The molecule has 0 N–H and O–H groups in total. The van der Waals surface area contributed by atoms with E-state index in [0.717, 1.165) is 6.42 Å². The lowest BCUT2D eigenvalue weighted by Crippen LogP contribution is -2.31. The Kier molecular flexibility index (Phi) is 2.94. The summed E-state index contributed by atoms with van der Waals surface area (Å²) < 4.78 is 33.5. The minimum atomic E-state index is -4.41. The highest BCUT2D eigenvalue weighted by Gasteiger charge is 2.43. The van der Waals surface area contributed by atoms with E-state index in [-0.39, 0.29) is 17.7 Å². The van der Waals surface area contributed by atoms with Crippen LogP contribution in [0.3, 0.4) is 0 Å². The minimum Gasteiger partial charge on any atom is -0.342 e. The molecule has 1 aliphatic heterocycles. The molecule has 6 heteroatoms. The summed E-state index contributed by atoms with van der Waals surface area (Å²) in [5, 5.41) is 0. The number of likely N-dealkylation sites (tertiary alicyclic amines) is 1. The molecule has 1 saturated heterocycles. The third-order valence-electron chi connectivity index (χ3n) is 3.46. The molecule has 2 fully saturated rings. The van der Waals surface area contributed by atoms with Crippen LogP contribution < -0.4 is 0 Å². The molecule has 0 aromatic heterocycles. The second kappa shape index (κ2) is 3.98. The number of hydrogen-bond acceptors (Lipinski definition) is 3. The van der Waals surface area contributed by atoms with E-state index in [1.54, 1.807) is 4.90 Å². The van der Waals surface area contributed by atoms with Gasteiger partial charge in [0.25, 0.3) is 0 Å². The summed E-state index contributed by atoms with van der Waals surface area (Å²) in [7, 11) is -4.41. The summed E-state index contributed by atoms with van der Waals surface area (Å²) >= 11 is 0. The van der Waals surface area contributed by atoms with Crippen LogP contribution in [0.2, 0.25) is 0 Å². The van der Waals surface area contributed by atoms with Crippen molar-refractivity contribution in [2.45, 2.75) is 19.8 Å². The van der Waals surface area contributed by atoms with Crippen molar-refractivity contribution in [1.29, 1.82) is 0 Å². The zero-order valence-corrected chi connectivity index (χ0v) is 10.0. The number of nitrogens with zero attached hydrogens (tertiary/aromatic N) is 1. The third-order valence-corrected chi connectivity index (χ3v) is 4.33. The molecule has 2 rings (SSSR count). The van der Waals surface area contributed by atoms with Gasteiger partial charge >= 0.3 is 10.2 Å². The Hall–Kier alpha value is -0.650. The van der Waals surface area contributed by atoms with E-state index in [1.807, 2.05) is 6.92 Å². The van der Waals surface area contributed by atoms with Crippen LogP contribution in [0, 0.1) is 17.8 Å². The van der Waals surface area contributed by atoms with Gasteiger partial charge in [0.2, 0.25) is 5.91 Å². The predicted molar refractivity (Wildman–Crippen MR) is 56.9 cm³/mol. The molecule has 3 atom stereocenters. The van der Waals surface area contributed by atoms with Crippen molar-refractivity contribution in [2.75, 3.05) is 18.8 Å². The van der Waals surface area contributed by atoms with E-state index in [9.17, 15) is 17.1 Å². The number of carbonyl (C=O) groups is 1. The van der Waals surface area contributed by atoms with Crippen LogP contribution in [0.1, 0.15) is 19.8 Å². The zero-order chi connectivity index (χ0) is 11.9. The van der Waals surface area contributed by atoms with Crippen molar-refractivity contribution in [3.05, 3.63) is 0 Å². The quantitative estimate of drug-likeness (QED) is 0.695. The molecular formula is C10H16FNO3S. The van der Waals surface area contributed by atoms with Gasteiger partial charge in [-0.3, -0.25) is 4.79 Å². The fourth-order valence-corrected chi connectivity index (χ4v) is 3.19. The molecule has 0 bridgehead atoms. The van der Waals surface area contributed by atoms with Crippen LogP contribution in [0.15, 0.2) is 0 Å². The Morgan fingerprint density at radius 2 is 2.12 bits per heavy atom. The first-order valence-corrected chi connectivity index (χ1v) is 7.13. The van der Waals surface area contributed by atoms with E-state index in [4.69, 9.17) is 0 Å². The molecular weight excluding hydrogens is 233 g/mol. The van der Waals surface area contributed by atoms with Gasteiger partial charge in [0, 0.05) is 19.0 Å². The molecule has 1 amide bonds. The van der Waals surface area contributed by atoms with Gasteiger partial charge in [-0.15, -0.1) is 3.89 Å². The minimum absolute atomic E-state index is 0.117. The standard InChI is InChI=1S/C10H16FNO3S/c1-7-4-9(7)10(13)12-3-2-8(5-12)6-16(11,14)15/h7-9H,2-6H2,1H3. The van der Waals surface area contributed by atoms with Gasteiger partial charge in [0.1, 0.15) is 0 Å². The molecule has 1 saturated carbocycles. The SMILES string of the molecule is CC1CC1C(=O)N1CCC(CS(=O)(=O)F)C1. The second-order valence-corrected chi connectivity index (χ2v) is 6.37. The molecule has 0 radical (unpaired) electrons. The van der Waals surface area contributed by atoms with Crippen LogP contribution in [0.5, 0.6) is 0 Å². The normalized spacial score (nSPS) is 34.1. The van der Waals surface area contributed by atoms with Gasteiger partial charge in [-0.1, -0.05) is 6.92 Å². The Morgan fingerprint density at radius 1 is 1.50 bits per heavy atom. The summed E-state index contributed by atoms with van der Waals surface area (Å²) in [6.45, 7) is 3.00. The summed E-state index contributed by atoms with van der Waals surface area (Å²) in [6, 6.07) is 0. The zero-order valence-electron chi connectivity index (χ0n) is 9.23. The van der Waals surface area contributed by atoms with Crippen LogP contribution >= 0.6 is 0 Å². The van der Waals surface area contributed by atoms with Crippen molar-refractivity contribution >= 4 is 16.1 Å². The molecule has 92 valence electrons. The van der Waals surface area contributed by atoms with Crippen molar-refractivity contribution in [3.8, 4) is 0 Å². The highest BCUT2D eigenvalue weighted by Crippen LogP contribution is 2.40. The van der Waals surface area contributed by atoms with Gasteiger partial charge < -0.3 is 4.90 Å². The summed E-state index contributed by atoms with van der Waals surface area (Å²) in [6.07, 6.45) is 1.53. The Labute approximate surface area is 95.0 Å². The Bertz CT molecular complexity index is 395. The molecule has 1 aliphatic carbocycles. The van der Waals surface area contributed by atoms with E-state index in [1.165, 1.54) is 0 Å². The van der Waals surface area contributed by atoms with Gasteiger partial charge in [-0.25, -0.2) is 0 Å². The van der Waals surface area contributed by atoms with E-state index in [2.05, 4.69) is 0 Å². The number of hydrogen-bond donors (Lipinski definition) is 0. The smallest absolute Gasteiger partial charge is 0.302 e. The number of halogens is 1. The van der Waals surface area contributed by atoms with Gasteiger partial charge in [0.05, 0.1) is 5.75 Å². The van der Waals surface area contributed by atoms with Crippen molar-refractivity contribution < 1.29 is 17.1 Å². The topological polar surface area (TPSA) is 54.5 Å². The second-order valence-electron chi connectivity index (χ2n) is 4.96. The van der Waals surface area contributed by atoms with E-state index in [0.29, 0.717) is 25.4 Å². The molecule has 0 aromatic rings. The third kappa shape index (κ3) is 2.72. The van der Waals surface area contributed by atoms with Crippen molar-refractivity contribution in [2.24, 2.45) is 17.8 Å². The molecule has 16 heavy (non-hydrogen) atoms. The summed E-state index contributed by atoms with van der Waals surface area (Å²) in [5.41, 5.74) is 0. The van der Waals surface area contributed by atoms with E-state index >= 15 is 0 Å². The van der Waals surface area contributed by atoms with Crippen molar-refractivity contribution in [3.63, 3.8) is 0 Å². The fourth-order valence-electron chi connectivity index (χ4n) is 2.35. The van der Waals surface area contributed by atoms with Gasteiger partial charge in [-0.05, 0) is 24.7 Å². The summed E-state index contributed by atoms with van der Waals surface area (Å²) in [4.78, 5) is 13.5. The summed E-state index contributed by atoms with van der Waals surface area (Å²) in [5.74, 6) is 0.0215. The van der Waals surface area contributed by atoms with Gasteiger partial charge in [-0.2, -0.15) is 8.42 Å². The first kappa shape index (κ1) is 11.8. The largest absolute Gasteiger partial charge is 0.342 e.